The van der Waals surface area contributed by atoms with Gasteiger partial charge in [0, 0.05) is 21.2 Å². The van der Waals surface area contributed by atoms with Crippen molar-refractivity contribution in [1.29, 1.82) is 0 Å². The Labute approximate surface area is 201 Å². The molecule has 1 heterocycles. The minimum atomic E-state index is -0.404. The summed E-state index contributed by atoms with van der Waals surface area (Å²) in [6, 6.07) is 23.5. The van der Waals surface area contributed by atoms with Crippen molar-refractivity contribution >= 4 is 35.3 Å². The third-order valence-electron chi connectivity index (χ3n) is 4.92. The van der Waals surface area contributed by atoms with Crippen molar-refractivity contribution < 1.29 is 13.9 Å². The molecule has 1 amide bonds. The Balaban J connectivity index is 1.42. The normalized spacial score (nSPS) is 11.0. The minimum absolute atomic E-state index is 0.241. The van der Waals surface area contributed by atoms with Crippen molar-refractivity contribution in [2.45, 2.75) is 13.5 Å². The molecule has 0 fully saturated rings. The topological polar surface area (TPSA) is 63.8 Å². The number of hydrogen-bond donors (Lipinski definition) is 1. The van der Waals surface area contributed by atoms with Crippen molar-refractivity contribution in [2.75, 3.05) is 0 Å². The van der Waals surface area contributed by atoms with Gasteiger partial charge in [-0.1, -0.05) is 59.6 Å². The first-order valence-corrected chi connectivity index (χ1v) is 10.9. The largest absolute Gasteiger partial charge is 0.488 e. The van der Waals surface area contributed by atoms with Gasteiger partial charge in [-0.25, -0.2) is 5.43 Å². The molecule has 1 N–H and O–H groups in total. The molecule has 0 aliphatic carbocycles. The lowest BCUT2D eigenvalue weighted by Gasteiger charge is -2.11. The number of para-hydroxylation sites is 1. The van der Waals surface area contributed by atoms with Crippen LogP contribution in [0.1, 0.15) is 27.2 Å². The molecule has 0 saturated carbocycles. The van der Waals surface area contributed by atoms with Crippen molar-refractivity contribution in [1.82, 2.24) is 5.43 Å². The molecule has 0 spiro atoms. The number of nitrogens with zero attached hydrogens (tertiary/aromatic N) is 1. The van der Waals surface area contributed by atoms with Gasteiger partial charge in [-0.05, 0) is 55.0 Å². The molecule has 5 nitrogen and oxygen atoms in total. The fourth-order valence-electron chi connectivity index (χ4n) is 3.19. The number of nitrogens with one attached hydrogen (secondary N) is 1. The Morgan fingerprint density at radius 1 is 1.03 bits per heavy atom. The number of hydrogen-bond acceptors (Lipinski definition) is 4. The van der Waals surface area contributed by atoms with Crippen LogP contribution in [0, 0.1) is 6.92 Å². The van der Waals surface area contributed by atoms with E-state index in [4.69, 9.17) is 32.4 Å². The SMILES string of the molecule is Cc1ccc(Cl)cc1-c1ccc(/C=N/NC(=O)c2ccccc2OCc2ccccc2Cl)o1. The molecule has 166 valence electrons. The molecule has 33 heavy (non-hydrogen) atoms. The highest BCUT2D eigenvalue weighted by molar-refractivity contribution is 6.31. The van der Waals surface area contributed by atoms with Crippen LogP contribution in [0.2, 0.25) is 10.0 Å². The van der Waals surface area contributed by atoms with Gasteiger partial charge in [0.2, 0.25) is 0 Å². The van der Waals surface area contributed by atoms with E-state index in [-0.39, 0.29) is 6.61 Å². The number of carbonyl (C=O) groups excluding carboxylic acids is 1. The Kier molecular flexibility index (Phi) is 7.13. The molecule has 7 heteroatoms. The number of carbonyl (C=O) groups is 1. The van der Waals surface area contributed by atoms with Crippen molar-refractivity contribution in [3.05, 3.63) is 111 Å². The van der Waals surface area contributed by atoms with E-state index in [1.807, 2.05) is 49.4 Å². The molecule has 4 aromatic rings. The van der Waals surface area contributed by atoms with Crippen molar-refractivity contribution in [3.8, 4) is 17.1 Å². The van der Waals surface area contributed by atoms with E-state index in [0.717, 1.165) is 16.7 Å². The summed E-state index contributed by atoms with van der Waals surface area (Å²) >= 11 is 12.3. The van der Waals surface area contributed by atoms with Gasteiger partial charge >= 0.3 is 0 Å². The lowest BCUT2D eigenvalue weighted by Crippen LogP contribution is -2.18. The van der Waals surface area contributed by atoms with Gasteiger partial charge in [0.1, 0.15) is 23.9 Å². The average Bonchev–Trinajstić information content (AvgIpc) is 3.29. The van der Waals surface area contributed by atoms with Gasteiger partial charge in [0.25, 0.3) is 5.91 Å². The number of aryl methyl sites for hydroxylation is 1. The van der Waals surface area contributed by atoms with E-state index in [1.54, 1.807) is 36.4 Å². The first-order valence-electron chi connectivity index (χ1n) is 10.2. The molecule has 0 atom stereocenters. The van der Waals surface area contributed by atoms with Crippen LogP contribution in [0.4, 0.5) is 0 Å². The van der Waals surface area contributed by atoms with Crippen LogP contribution in [0.25, 0.3) is 11.3 Å². The first-order chi connectivity index (χ1) is 16.0. The number of rotatable bonds is 7. The van der Waals surface area contributed by atoms with E-state index in [2.05, 4.69) is 10.5 Å². The van der Waals surface area contributed by atoms with E-state index >= 15 is 0 Å². The maximum absolute atomic E-state index is 12.7. The van der Waals surface area contributed by atoms with Crippen molar-refractivity contribution in [2.24, 2.45) is 5.10 Å². The quantitative estimate of drug-likeness (QED) is 0.232. The second-order valence-corrected chi connectivity index (χ2v) is 8.08. The number of halogens is 2. The number of hydrazone groups is 1. The highest BCUT2D eigenvalue weighted by atomic mass is 35.5. The van der Waals surface area contributed by atoms with Crippen LogP contribution in [0.3, 0.4) is 0 Å². The maximum Gasteiger partial charge on any atom is 0.275 e. The molecular formula is C26H20Cl2N2O3. The molecular weight excluding hydrogens is 459 g/mol. The zero-order valence-electron chi connectivity index (χ0n) is 17.7. The van der Waals surface area contributed by atoms with Crippen molar-refractivity contribution in [3.63, 3.8) is 0 Å². The molecule has 1 aromatic heterocycles. The summed E-state index contributed by atoms with van der Waals surface area (Å²) in [6.07, 6.45) is 1.44. The van der Waals surface area contributed by atoms with E-state index in [1.165, 1.54) is 6.21 Å². The summed E-state index contributed by atoms with van der Waals surface area (Å²) < 4.78 is 11.7. The third-order valence-corrected chi connectivity index (χ3v) is 5.53. The average molecular weight is 479 g/mol. The number of furan rings is 1. The van der Waals surface area contributed by atoms with E-state index in [0.29, 0.717) is 32.9 Å². The standard InChI is InChI=1S/C26H20Cl2N2O3/c1-17-10-11-19(27)14-22(17)25-13-12-20(33-25)15-29-30-26(31)21-7-3-5-9-24(21)32-16-18-6-2-4-8-23(18)28/h2-15H,16H2,1H3,(H,30,31)/b29-15+. The summed E-state index contributed by atoms with van der Waals surface area (Å²) in [5.41, 5.74) is 5.64. The Morgan fingerprint density at radius 3 is 2.67 bits per heavy atom. The van der Waals surface area contributed by atoms with Gasteiger partial charge in [-0.15, -0.1) is 0 Å². The van der Waals surface area contributed by atoms with Gasteiger partial charge in [0.05, 0.1) is 11.8 Å². The van der Waals surface area contributed by atoms with Crippen LogP contribution < -0.4 is 10.2 Å². The lowest BCUT2D eigenvalue weighted by atomic mass is 10.1. The molecule has 0 unspecified atom stereocenters. The third kappa shape index (κ3) is 5.64. The maximum atomic E-state index is 12.7. The summed E-state index contributed by atoms with van der Waals surface area (Å²) in [5, 5.41) is 5.25. The van der Waals surface area contributed by atoms with E-state index < -0.39 is 5.91 Å². The highest BCUT2D eigenvalue weighted by Gasteiger charge is 2.12. The predicted molar refractivity (Wildman–Crippen MR) is 131 cm³/mol. The molecule has 0 radical (unpaired) electrons. The molecule has 0 saturated heterocycles. The second kappa shape index (κ2) is 10.4. The van der Waals surface area contributed by atoms with Crippen LogP contribution in [-0.4, -0.2) is 12.1 Å². The summed E-state index contributed by atoms with van der Waals surface area (Å²) in [4.78, 5) is 12.7. The van der Waals surface area contributed by atoms with E-state index in [9.17, 15) is 4.79 Å². The highest BCUT2D eigenvalue weighted by Crippen LogP contribution is 2.28. The monoisotopic (exact) mass is 478 g/mol. The molecule has 0 bridgehead atoms. The molecule has 0 aliphatic heterocycles. The lowest BCUT2D eigenvalue weighted by molar-refractivity contribution is 0.0950. The Bertz CT molecular complexity index is 1310. The van der Waals surface area contributed by atoms with Gasteiger partial charge in [-0.3, -0.25) is 4.79 Å². The zero-order valence-corrected chi connectivity index (χ0v) is 19.2. The van der Waals surface area contributed by atoms with Crippen LogP contribution in [0.5, 0.6) is 5.75 Å². The number of benzene rings is 3. The number of ether oxygens (including phenoxy) is 1. The van der Waals surface area contributed by atoms with Gasteiger partial charge in [-0.2, -0.15) is 5.10 Å². The Hall–Kier alpha value is -3.54. The smallest absolute Gasteiger partial charge is 0.275 e. The summed E-state index contributed by atoms with van der Waals surface area (Å²) in [6.45, 7) is 2.22. The van der Waals surface area contributed by atoms with Crippen LogP contribution in [-0.2, 0) is 6.61 Å². The summed E-state index contributed by atoms with van der Waals surface area (Å²) in [7, 11) is 0. The fourth-order valence-corrected chi connectivity index (χ4v) is 3.55. The number of amides is 1. The molecule has 3 aromatic carbocycles. The molecule has 0 aliphatic rings. The second-order valence-electron chi connectivity index (χ2n) is 7.24. The predicted octanol–water partition coefficient (Wildman–Crippen LogP) is 6.90. The van der Waals surface area contributed by atoms with Gasteiger partial charge < -0.3 is 9.15 Å². The molecule has 4 rings (SSSR count). The van der Waals surface area contributed by atoms with Gasteiger partial charge in [0.15, 0.2) is 0 Å². The zero-order chi connectivity index (χ0) is 23.2. The first kappa shape index (κ1) is 22.6. The van der Waals surface area contributed by atoms with Crippen LogP contribution in [0.15, 0.2) is 88.4 Å². The fraction of sp³-hybridized carbons (Fsp3) is 0.0769. The minimum Gasteiger partial charge on any atom is -0.488 e. The Morgan fingerprint density at radius 2 is 1.82 bits per heavy atom. The van der Waals surface area contributed by atoms with Crippen LogP contribution >= 0.6 is 23.2 Å². The summed E-state index contributed by atoms with van der Waals surface area (Å²) in [5.74, 6) is 1.19.